The van der Waals surface area contributed by atoms with Gasteiger partial charge in [-0.2, -0.15) is 0 Å². The number of hydrogen-bond acceptors (Lipinski definition) is 3. The molecule has 0 spiro atoms. The molecule has 1 N–H and O–H groups in total. The fourth-order valence-electron chi connectivity index (χ4n) is 2.86. The zero-order valence-corrected chi connectivity index (χ0v) is 14.0. The van der Waals surface area contributed by atoms with Gasteiger partial charge in [0.2, 0.25) is 11.8 Å². The van der Waals surface area contributed by atoms with E-state index in [1.165, 1.54) is 0 Å². The van der Waals surface area contributed by atoms with Gasteiger partial charge in [0.1, 0.15) is 0 Å². The molecule has 1 aromatic rings. The molecule has 0 bridgehead atoms. The third-order valence-corrected chi connectivity index (χ3v) is 4.18. The van der Waals surface area contributed by atoms with Gasteiger partial charge in [0, 0.05) is 37.4 Å². The molecule has 1 fully saturated rings. The highest BCUT2D eigenvalue weighted by atomic mass is 16.5. The molecular weight excluding hydrogens is 292 g/mol. The van der Waals surface area contributed by atoms with Gasteiger partial charge in [0.15, 0.2) is 0 Å². The van der Waals surface area contributed by atoms with Crippen molar-refractivity contribution in [2.75, 3.05) is 25.0 Å². The minimum atomic E-state index is -0.139. The monoisotopic (exact) mass is 318 g/mol. The Kier molecular flexibility index (Phi) is 6.59. The van der Waals surface area contributed by atoms with Gasteiger partial charge in [0.05, 0.1) is 12.5 Å². The third kappa shape index (κ3) is 4.79. The Morgan fingerprint density at radius 3 is 2.83 bits per heavy atom. The summed E-state index contributed by atoms with van der Waals surface area (Å²) in [6.45, 7) is 6.21. The first-order valence-electron chi connectivity index (χ1n) is 8.40. The van der Waals surface area contributed by atoms with Crippen molar-refractivity contribution in [2.24, 2.45) is 5.92 Å². The first kappa shape index (κ1) is 17.5. The number of nitrogens with one attached hydrogen (secondary N) is 1. The van der Waals surface area contributed by atoms with Crippen molar-refractivity contribution < 1.29 is 14.3 Å². The predicted octanol–water partition coefficient (Wildman–Crippen LogP) is 2.81. The number of carbonyl (C=O) groups is 2. The number of amides is 2. The Balaban J connectivity index is 2.00. The molecule has 0 radical (unpaired) electrons. The van der Waals surface area contributed by atoms with Crippen LogP contribution in [0.4, 0.5) is 5.69 Å². The summed E-state index contributed by atoms with van der Waals surface area (Å²) in [5.74, 6) is -0.0267. The molecule has 0 aromatic heterocycles. The number of rotatable bonds is 6. The van der Waals surface area contributed by atoms with Gasteiger partial charge in [-0.1, -0.05) is 25.1 Å². The average molecular weight is 318 g/mol. The summed E-state index contributed by atoms with van der Waals surface area (Å²) in [5, 5.41) is 3.01. The van der Waals surface area contributed by atoms with Crippen LogP contribution in [-0.2, 0) is 20.9 Å². The molecule has 0 saturated carbocycles. The molecule has 126 valence electrons. The molecule has 1 unspecified atom stereocenters. The number of benzene rings is 1. The van der Waals surface area contributed by atoms with Crippen LogP contribution in [0.5, 0.6) is 0 Å². The van der Waals surface area contributed by atoms with Crippen molar-refractivity contribution in [1.82, 2.24) is 4.90 Å². The lowest BCUT2D eigenvalue weighted by Crippen LogP contribution is -2.43. The van der Waals surface area contributed by atoms with Crippen molar-refractivity contribution in [2.45, 2.75) is 39.7 Å². The van der Waals surface area contributed by atoms with Crippen LogP contribution in [0.3, 0.4) is 0 Å². The van der Waals surface area contributed by atoms with Gasteiger partial charge in [0.25, 0.3) is 0 Å². The van der Waals surface area contributed by atoms with Crippen LogP contribution in [0.25, 0.3) is 0 Å². The van der Waals surface area contributed by atoms with E-state index in [2.05, 4.69) is 5.32 Å². The number of nitrogens with zero attached hydrogens (tertiary/aromatic N) is 1. The molecule has 5 heteroatoms. The van der Waals surface area contributed by atoms with Crippen LogP contribution in [0.15, 0.2) is 24.3 Å². The highest BCUT2D eigenvalue weighted by Gasteiger charge is 2.28. The summed E-state index contributed by atoms with van der Waals surface area (Å²) in [6, 6.07) is 7.69. The van der Waals surface area contributed by atoms with Crippen LogP contribution >= 0.6 is 0 Å². The molecule has 1 saturated heterocycles. The molecule has 1 aromatic carbocycles. The smallest absolute Gasteiger partial charge is 0.229 e. The Morgan fingerprint density at radius 1 is 1.30 bits per heavy atom. The van der Waals surface area contributed by atoms with Crippen LogP contribution in [0.1, 0.15) is 38.7 Å². The molecule has 5 nitrogen and oxygen atoms in total. The van der Waals surface area contributed by atoms with E-state index in [0.29, 0.717) is 26.2 Å². The van der Waals surface area contributed by atoms with E-state index in [0.717, 1.165) is 30.6 Å². The zero-order valence-electron chi connectivity index (χ0n) is 14.0. The van der Waals surface area contributed by atoms with Crippen molar-refractivity contribution in [3.8, 4) is 0 Å². The minimum absolute atomic E-state index is 0.0115. The molecule has 1 aliphatic heterocycles. The van der Waals surface area contributed by atoms with Crippen LogP contribution in [-0.4, -0.2) is 36.4 Å². The Hall–Kier alpha value is -1.88. The second-order valence-electron chi connectivity index (χ2n) is 5.82. The maximum absolute atomic E-state index is 12.6. The molecule has 23 heavy (non-hydrogen) atoms. The van der Waals surface area contributed by atoms with E-state index >= 15 is 0 Å². The highest BCUT2D eigenvalue weighted by molar-refractivity contribution is 5.93. The summed E-state index contributed by atoms with van der Waals surface area (Å²) in [4.78, 5) is 26.2. The van der Waals surface area contributed by atoms with Gasteiger partial charge in [-0.3, -0.25) is 9.59 Å². The molecule has 1 heterocycles. The van der Waals surface area contributed by atoms with E-state index in [1.807, 2.05) is 38.1 Å². The summed E-state index contributed by atoms with van der Waals surface area (Å²) < 4.78 is 5.45. The fourth-order valence-corrected chi connectivity index (χ4v) is 2.86. The lowest BCUT2D eigenvalue weighted by molar-refractivity contribution is -0.134. The van der Waals surface area contributed by atoms with E-state index in [1.54, 1.807) is 4.90 Å². The van der Waals surface area contributed by atoms with Gasteiger partial charge in [-0.15, -0.1) is 0 Å². The Morgan fingerprint density at radius 2 is 2.09 bits per heavy atom. The number of carbonyl (C=O) groups excluding carboxylic acids is 2. The molecule has 0 aliphatic carbocycles. The van der Waals surface area contributed by atoms with E-state index < -0.39 is 0 Å². The van der Waals surface area contributed by atoms with Gasteiger partial charge in [-0.25, -0.2) is 0 Å². The molecular formula is C18H26N2O3. The number of likely N-dealkylation sites (tertiary alicyclic amines) is 1. The number of ether oxygens (including phenoxy) is 1. The first-order valence-corrected chi connectivity index (χ1v) is 8.40. The van der Waals surface area contributed by atoms with E-state index in [-0.39, 0.29) is 17.7 Å². The Bertz CT molecular complexity index is 545. The van der Waals surface area contributed by atoms with Crippen molar-refractivity contribution in [1.29, 1.82) is 0 Å². The maximum Gasteiger partial charge on any atom is 0.229 e. The second-order valence-corrected chi connectivity index (χ2v) is 5.82. The number of hydrogen-bond donors (Lipinski definition) is 1. The standard InChI is InChI=1S/C18H26N2O3/c1-3-17(21)20-11-7-9-14(12-20)18(22)19-16-10-6-5-8-15(16)13-23-4-2/h5-6,8,10,14H,3-4,7,9,11-13H2,1-2H3,(H,19,22). The number of anilines is 1. The summed E-state index contributed by atoms with van der Waals surface area (Å²) in [7, 11) is 0. The molecule has 2 rings (SSSR count). The fraction of sp³-hybridized carbons (Fsp3) is 0.556. The lowest BCUT2D eigenvalue weighted by Gasteiger charge is -2.32. The quantitative estimate of drug-likeness (QED) is 0.877. The first-order chi connectivity index (χ1) is 11.2. The zero-order chi connectivity index (χ0) is 16.7. The average Bonchev–Trinajstić information content (AvgIpc) is 2.60. The van der Waals surface area contributed by atoms with E-state index in [9.17, 15) is 9.59 Å². The SMILES string of the molecule is CCOCc1ccccc1NC(=O)C1CCCN(C(=O)CC)C1. The Labute approximate surface area is 138 Å². The molecule has 2 amide bonds. The van der Waals surface area contributed by atoms with Crippen LogP contribution in [0.2, 0.25) is 0 Å². The lowest BCUT2D eigenvalue weighted by atomic mass is 9.96. The molecule has 1 atom stereocenters. The summed E-state index contributed by atoms with van der Waals surface area (Å²) >= 11 is 0. The van der Waals surface area contributed by atoms with Crippen LogP contribution < -0.4 is 5.32 Å². The normalized spacial score (nSPS) is 17.8. The largest absolute Gasteiger partial charge is 0.377 e. The topological polar surface area (TPSA) is 58.6 Å². The van der Waals surface area contributed by atoms with Gasteiger partial charge in [-0.05, 0) is 25.8 Å². The van der Waals surface area contributed by atoms with Crippen molar-refractivity contribution >= 4 is 17.5 Å². The van der Waals surface area contributed by atoms with Crippen molar-refractivity contribution in [3.63, 3.8) is 0 Å². The van der Waals surface area contributed by atoms with E-state index in [4.69, 9.17) is 4.74 Å². The number of para-hydroxylation sites is 1. The van der Waals surface area contributed by atoms with Crippen molar-refractivity contribution in [3.05, 3.63) is 29.8 Å². The highest BCUT2D eigenvalue weighted by Crippen LogP contribution is 2.21. The number of piperidine rings is 1. The maximum atomic E-state index is 12.6. The second kappa shape index (κ2) is 8.67. The predicted molar refractivity (Wildman–Crippen MR) is 90.0 cm³/mol. The van der Waals surface area contributed by atoms with Gasteiger partial charge < -0.3 is 15.0 Å². The summed E-state index contributed by atoms with van der Waals surface area (Å²) in [6.07, 6.45) is 2.20. The minimum Gasteiger partial charge on any atom is -0.377 e. The third-order valence-electron chi connectivity index (χ3n) is 4.18. The molecule has 1 aliphatic rings. The summed E-state index contributed by atoms with van der Waals surface area (Å²) in [5.41, 5.74) is 1.77. The van der Waals surface area contributed by atoms with Gasteiger partial charge >= 0.3 is 0 Å². The van der Waals surface area contributed by atoms with Crippen LogP contribution in [0, 0.1) is 5.92 Å².